The predicted octanol–water partition coefficient (Wildman–Crippen LogP) is 6.73. The summed E-state index contributed by atoms with van der Waals surface area (Å²) in [6.07, 6.45) is 1.56. The van der Waals surface area contributed by atoms with Crippen molar-refractivity contribution in [1.82, 2.24) is 0 Å². The van der Waals surface area contributed by atoms with Gasteiger partial charge in [-0.05, 0) is 95.9 Å². The van der Waals surface area contributed by atoms with Crippen molar-refractivity contribution in [2.75, 3.05) is 13.2 Å². The van der Waals surface area contributed by atoms with Crippen molar-refractivity contribution < 1.29 is 14.9 Å². The third kappa shape index (κ3) is 5.63. The van der Waals surface area contributed by atoms with Gasteiger partial charge >= 0.3 is 0 Å². The average Bonchev–Trinajstić information content (AvgIpc) is 2.63. The summed E-state index contributed by atoms with van der Waals surface area (Å²) in [6.45, 7) is 22.2. The number of hydrogen-bond acceptors (Lipinski definition) is 3. The van der Waals surface area contributed by atoms with Crippen molar-refractivity contribution in [1.29, 1.82) is 0 Å². The first-order valence-electron chi connectivity index (χ1n) is 11.4. The van der Waals surface area contributed by atoms with E-state index in [1.807, 2.05) is 13.8 Å². The van der Waals surface area contributed by atoms with E-state index in [9.17, 15) is 10.2 Å². The highest BCUT2D eigenvalue weighted by atomic mass is 16.5. The highest BCUT2D eigenvalue weighted by Gasteiger charge is 2.23. The second kappa shape index (κ2) is 9.24. The van der Waals surface area contributed by atoms with Crippen LogP contribution in [0.15, 0.2) is 12.1 Å². The molecular weight excluding hydrogens is 384 g/mol. The maximum absolute atomic E-state index is 10.7. The zero-order valence-corrected chi connectivity index (χ0v) is 21.3. The highest BCUT2D eigenvalue weighted by molar-refractivity contribution is 5.52. The molecule has 0 atom stereocenters. The molecule has 0 aliphatic heterocycles. The molecule has 2 N–H and O–H groups in total. The fourth-order valence-electron chi connectivity index (χ4n) is 4.39. The van der Waals surface area contributed by atoms with Gasteiger partial charge in [0.15, 0.2) is 0 Å². The van der Waals surface area contributed by atoms with Gasteiger partial charge in [0.1, 0.15) is 11.5 Å². The third-order valence-corrected chi connectivity index (χ3v) is 6.41. The monoisotopic (exact) mass is 426 g/mol. The summed E-state index contributed by atoms with van der Waals surface area (Å²) >= 11 is 0. The van der Waals surface area contributed by atoms with Crippen LogP contribution in [0, 0.1) is 27.7 Å². The van der Waals surface area contributed by atoms with E-state index < -0.39 is 0 Å². The van der Waals surface area contributed by atoms with Gasteiger partial charge in [0, 0.05) is 0 Å². The van der Waals surface area contributed by atoms with E-state index in [0.717, 1.165) is 35.1 Å². The summed E-state index contributed by atoms with van der Waals surface area (Å²) in [5.41, 5.74) is 8.50. The van der Waals surface area contributed by atoms with Crippen molar-refractivity contribution >= 4 is 0 Å². The SMILES string of the molecule is Cc1cc(C(C)(C)C)c(O)c(C)c1CCOCCc1c(C)cc(C(C)(C)C)c(O)c1C. The van der Waals surface area contributed by atoms with Crippen molar-refractivity contribution in [2.24, 2.45) is 0 Å². The Labute approximate surface area is 189 Å². The van der Waals surface area contributed by atoms with Crippen molar-refractivity contribution in [3.8, 4) is 11.5 Å². The number of rotatable bonds is 6. The van der Waals surface area contributed by atoms with E-state index >= 15 is 0 Å². The summed E-state index contributed by atoms with van der Waals surface area (Å²) in [6, 6.07) is 4.23. The van der Waals surface area contributed by atoms with Crippen LogP contribution in [-0.4, -0.2) is 23.4 Å². The van der Waals surface area contributed by atoms with Gasteiger partial charge < -0.3 is 14.9 Å². The minimum absolute atomic E-state index is 0.0849. The molecule has 3 nitrogen and oxygen atoms in total. The standard InChI is InChI=1S/C28H42O3/c1-17-15-23(27(5,6)7)25(29)19(3)21(17)11-13-31-14-12-22-18(2)16-24(28(8,9)10)26(30)20(22)4/h15-16,29-30H,11-14H2,1-10H3. The molecule has 2 rings (SSSR count). The molecule has 0 unspecified atom stereocenters. The molecule has 0 saturated carbocycles. The quantitative estimate of drug-likeness (QED) is 0.504. The van der Waals surface area contributed by atoms with Crippen LogP contribution in [-0.2, 0) is 28.4 Å². The lowest BCUT2D eigenvalue weighted by molar-refractivity contribution is 0.140. The number of aryl methyl sites for hydroxylation is 2. The molecule has 2 aromatic rings. The molecule has 172 valence electrons. The normalized spacial score (nSPS) is 12.5. The second-order valence-corrected chi connectivity index (χ2v) is 11.0. The van der Waals surface area contributed by atoms with Gasteiger partial charge in [-0.1, -0.05) is 53.7 Å². The van der Waals surface area contributed by atoms with Gasteiger partial charge in [0.2, 0.25) is 0 Å². The number of hydrogen-bond donors (Lipinski definition) is 2. The second-order valence-electron chi connectivity index (χ2n) is 11.0. The molecule has 0 aromatic heterocycles. The number of ether oxygens (including phenoxy) is 1. The van der Waals surface area contributed by atoms with Crippen LogP contribution in [0.25, 0.3) is 0 Å². The van der Waals surface area contributed by atoms with Crippen LogP contribution in [0.1, 0.15) is 86.1 Å². The van der Waals surface area contributed by atoms with E-state index in [4.69, 9.17) is 4.74 Å². The molecule has 2 aromatic carbocycles. The zero-order chi connectivity index (χ0) is 23.7. The molecule has 31 heavy (non-hydrogen) atoms. The summed E-state index contributed by atoms with van der Waals surface area (Å²) < 4.78 is 5.97. The smallest absolute Gasteiger partial charge is 0.122 e. The van der Waals surface area contributed by atoms with E-state index in [2.05, 4.69) is 67.5 Å². The van der Waals surface area contributed by atoms with Crippen LogP contribution >= 0.6 is 0 Å². The van der Waals surface area contributed by atoms with Crippen LogP contribution in [0.4, 0.5) is 0 Å². The molecule has 0 aliphatic carbocycles. The highest BCUT2D eigenvalue weighted by Crippen LogP contribution is 2.37. The van der Waals surface area contributed by atoms with E-state index in [-0.39, 0.29) is 10.8 Å². The minimum Gasteiger partial charge on any atom is -0.507 e. The molecular formula is C28H42O3. The first-order chi connectivity index (χ1) is 14.2. The molecule has 0 fully saturated rings. The van der Waals surface area contributed by atoms with Gasteiger partial charge in [-0.2, -0.15) is 0 Å². The van der Waals surface area contributed by atoms with Crippen molar-refractivity contribution in [3.63, 3.8) is 0 Å². The Bertz CT molecular complexity index is 863. The minimum atomic E-state index is -0.0849. The third-order valence-electron chi connectivity index (χ3n) is 6.41. The average molecular weight is 427 g/mol. The van der Waals surface area contributed by atoms with Crippen LogP contribution in [0.2, 0.25) is 0 Å². The Balaban J connectivity index is 2.04. The van der Waals surface area contributed by atoms with Gasteiger partial charge in [-0.25, -0.2) is 0 Å². The largest absolute Gasteiger partial charge is 0.507 e. The summed E-state index contributed by atoms with van der Waals surface area (Å²) in [5, 5.41) is 21.4. The molecule has 0 bridgehead atoms. The number of benzene rings is 2. The van der Waals surface area contributed by atoms with Gasteiger partial charge in [-0.3, -0.25) is 0 Å². The van der Waals surface area contributed by atoms with Crippen LogP contribution in [0.5, 0.6) is 11.5 Å². The molecule has 0 aliphatic rings. The number of aromatic hydroxyl groups is 2. The van der Waals surface area contributed by atoms with E-state index in [0.29, 0.717) is 24.7 Å². The topological polar surface area (TPSA) is 49.7 Å². The van der Waals surface area contributed by atoms with Gasteiger partial charge in [0.25, 0.3) is 0 Å². The fraction of sp³-hybridized carbons (Fsp3) is 0.571. The molecule has 0 saturated heterocycles. The van der Waals surface area contributed by atoms with Crippen molar-refractivity contribution in [2.45, 2.75) is 92.9 Å². The zero-order valence-electron chi connectivity index (χ0n) is 21.3. The first kappa shape index (κ1) is 25.3. The van der Waals surface area contributed by atoms with Gasteiger partial charge in [-0.15, -0.1) is 0 Å². The molecule has 0 spiro atoms. The first-order valence-corrected chi connectivity index (χ1v) is 11.4. The molecule has 0 amide bonds. The Hall–Kier alpha value is -2.00. The Kier molecular flexibility index (Phi) is 7.53. The lowest BCUT2D eigenvalue weighted by atomic mass is 9.82. The van der Waals surface area contributed by atoms with E-state index in [1.165, 1.54) is 22.3 Å². The van der Waals surface area contributed by atoms with Gasteiger partial charge in [0.05, 0.1) is 13.2 Å². The maximum atomic E-state index is 10.7. The summed E-state index contributed by atoms with van der Waals surface area (Å²) in [5.74, 6) is 0.822. The number of phenols is 2. The summed E-state index contributed by atoms with van der Waals surface area (Å²) in [4.78, 5) is 0. The van der Waals surface area contributed by atoms with E-state index in [1.54, 1.807) is 0 Å². The Morgan fingerprint density at radius 3 is 1.26 bits per heavy atom. The Morgan fingerprint density at radius 2 is 0.968 bits per heavy atom. The lowest BCUT2D eigenvalue weighted by Crippen LogP contribution is -2.14. The van der Waals surface area contributed by atoms with Crippen LogP contribution < -0.4 is 0 Å². The Morgan fingerprint density at radius 1 is 0.645 bits per heavy atom. The van der Waals surface area contributed by atoms with Crippen molar-refractivity contribution in [3.05, 3.63) is 56.6 Å². The van der Waals surface area contributed by atoms with Crippen LogP contribution in [0.3, 0.4) is 0 Å². The maximum Gasteiger partial charge on any atom is 0.122 e. The lowest BCUT2D eigenvalue weighted by Gasteiger charge is -2.25. The molecule has 3 heteroatoms. The predicted molar refractivity (Wildman–Crippen MR) is 131 cm³/mol. The summed E-state index contributed by atoms with van der Waals surface area (Å²) in [7, 11) is 0. The molecule has 0 heterocycles. The fourth-order valence-corrected chi connectivity index (χ4v) is 4.39. The number of phenolic OH excluding ortho intramolecular Hbond substituents is 2. The molecule has 0 radical (unpaired) electrons.